The van der Waals surface area contributed by atoms with E-state index in [-0.39, 0.29) is 18.7 Å². The predicted octanol–water partition coefficient (Wildman–Crippen LogP) is 2.69. The second kappa shape index (κ2) is 6.59. The van der Waals surface area contributed by atoms with E-state index in [1.165, 1.54) is 0 Å². The first kappa shape index (κ1) is 17.0. The van der Waals surface area contributed by atoms with Crippen molar-refractivity contribution in [1.29, 1.82) is 0 Å². The van der Waals surface area contributed by atoms with Crippen molar-refractivity contribution in [3.8, 4) is 0 Å². The van der Waals surface area contributed by atoms with Crippen LogP contribution in [0.4, 0.5) is 4.79 Å². The minimum absolute atomic E-state index is 0.126. The number of hydrogen-bond donors (Lipinski definition) is 1. The molecule has 1 atom stereocenters. The van der Waals surface area contributed by atoms with Crippen LogP contribution in [0.1, 0.15) is 47.5 Å². The molecule has 1 rings (SSSR count). The van der Waals surface area contributed by atoms with E-state index in [1.54, 1.807) is 4.90 Å². The number of unbranched alkanes of at least 4 members (excludes halogenated alkanes) is 1. The van der Waals surface area contributed by atoms with Crippen molar-refractivity contribution < 1.29 is 19.4 Å². The minimum Gasteiger partial charge on any atom is -0.444 e. The first-order valence-electron chi connectivity index (χ1n) is 7.11. The van der Waals surface area contributed by atoms with Gasteiger partial charge in [-0.25, -0.2) is 4.79 Å². The summed E-state index contributed by atoms with van der Waals surface area (Å²) >= 11 is 0. The molecule has 0 bridgehead atoms. The summed E-state index contributed by atoms with van der Waals surface area (Å²) in [6.45, 7) is 9.90. The average molecular weight is 285 g/mol. The molecule has 5 nitrogen and oxygen atoms in total. The summed E-state index contributed by atoms with van der Waals surface area (Å²) in [5.41, 5.74) is -1.20. The Morgan fingerprint density at radius 3 is 2.70 bits per heavy atom. The van der Waals surface area contributed by atoms with Gasteiger partial charge in [-0.1, -0.05) is 12.2 Å². The van der Waals surface area contributed by atoms with E-state index in [0.717, 1.165) is 12.8 Å². The maximum atomic E-state index is 12.3. The van der Waals surface area contributed by atoms with Crippen LogP contribution in [0, 0.1) is 0 Å². The lowest BCUT2D eigenvalue weighted by Crippen LogP contribution is -2.49. The van der Waals surface area contributed by atoms with Crippen LogP contribution in [-0.4, -0.2) is 46.7 Å². The molecule has 1 N–H and O–H groups in total. The fourth-order valence-electron chi connectivity index (χ4n) is 2.10. The average Bonchev–Trinajstić information content (AvgIpc) is 2.58. The molecular formula is C15H27NO4. The second-order valence-electron chi connectivity index (χ2n) is 6.47. The van der Waals surface area contributed by atoms with Crippen LogP contribution in [-0.2, 0) is 9.47 Å². The molecule has 0 aromatic heterocycles. The molecule has 1 aliphatic heterocycles. The van der Waals surface area contributed by atoms with Gasteiger partial charge in [-0.3, -0.25) is 4.90 Å². The zero-order chi connectivity index (χ0) is 15.4. The van der Waals surface area contributed by atoms with Gasteiger partial charge in [-0.2, -0.15) is 0 Å². The molecule has 5 heteroatoms. The third-order valence-electron chi connectivity index (χ3n) is 3.00. The van der Waals surface area contributed by atoms with E-state index in [4.69, 9.17) is 14.6 Å². The Morgan fingerprint density at radius 2 is 2.15 bits per heavy atom. The summed E-state index contributed by atoms with van der Waals surface area (Å²) < 4.78 is 11.1. The normalized spacial score (nSPS) is 22.5. The molecule has 1 amide bonds. The highest BCUT2D eigenvalue weighted by Gasteiger charge is 2.44. The standard InChI is InChI=1S/C15H27NO4/c1-14(2,3)20-13(18)16-12(9-7-6-8-10-17)11-19-15(16,4)5/h7,9,12,17H,6,8,10-11H2,1-5H3/t12-/m1/s1. The molecule has 116 valence electrons. The highest BCUT2D eigenvalue weighted by Crippen LogP contribution is 2.30. The summed E-state index contributed by atoms with van der Waals surface area (Å²) in [4.78, 5) is 14.0. The Bertz CT molecular complexity index is 357. The molecule has 0 aliphatic carbocycles. The number of amides is 1. The van der Waals surface area contributed by atoms with Gasteiger partial charge in [0, 0.05) is 6.61 Å². The van der Waals surface area contributed by atoms with Gasteiger partial charge in [-0.15, -0.1) is 0 Å². The molecule has 0 radical (unpaired) electrons. The second-order valence-corrected chi connectivity index (χ2v) is 6.47. The fraction of sp³-hybridized carbons (Fsp3) is 0.800. The van der Waals surface area contributed by atoms with Crippen LogP contribution >= 0.6 is 0 Å². The smallest absolute Gasteiger partial charge is 0.413 e. The highest BCUT2D eigenvalue weighted by molar-refractivity contribution is 5.70. The Hall–Kier alpha value is -1.07. The lowest BCUT2D eigenvalue weighted by molar-refractivity contribution is -0.0610. The SMILES string of the molecule is CC(C)(C)OC(=O)N1[C@H](C=CCCCO)COC1(C)C. The maximum Gasteiger partial charge on any atom is 0.413 e. The highest BCUT2D eigenvalue weighted by atomic mass is 16.6. The van der Waals surface area contributed by atoms with Crippen LogP contribution in [0.15, 0.2) is 12.2 Å². The van der Waals surface area contributed by atoms with E-state index in [1.807, 2.05) is 46.8 Å². The number of aliphatic hydroxyl groups is 1. The van der Waals surface area contributed by atoms with Gasteiger partial charge in [0.05, 0.1) is 12.6 Å². The molecule has 0 saturated carbocycles. The number of nitrogens with zero attached hydrogens (tertiary/aromatic N) is 1. The summed E-state index contributed by atoms with van der Waals surface area (Å²) in [6.07, 6.45) is 5.07. The first-order chi connectivity index (χ1) is 9.17. The monoisotopic (exact) mass is 285 g/mol. The van der Waals surface area contributed by atoms with E-state index in [2.05, 4.69) is 0 Å². The first-order valence-corrected chi connectivity index (χ1v) is 7.11. The third-order valence-corrected chi connectivity index (χ3v) is 3.00. The fourth-order valence-corrected chi connectivity index (χ4v) is 2.10. The van der Waals surface area contributed by atoms with Gasteiger partial charge in [0.1, 0.15) is 11.3 Å². The molecule has 1 heterocycles. The lowest BCUT2D eigenvalue weighted by Gasteiger charge is -2.34. The third kappa shape index (κ3) is 4.80. The van der Waals surface area contributed by atoms with E-state index in [0.29, 0.717) is 6.61 Å². The summed E-state index contributed by atoms with van der Waals surface area (Å²) in [5.74, 6) is 0. The van der Waals surface area contributed by atoms with Gasteiger partial charge in [0.2, 0.25) is 0 Å². The molecule has 20 heavy (non-hydrogen) atoms. The number of ether oxygens (including phenoxy) is 2. The largest absolute Gasteiger partial charge is 0.444 e. The summed E-state index contributed by atoms with van der Waals surface area (Å²) in [6, 6.07) is -0.126. The molecule has 0 spiro atoms. The van der Waals surface area contributed by atoms with Crippen LogP contribution in [0.5, 0.6) is 0 Å². The number of aliphatic hydroxyl groups excluding tert-OH is 1. The number of allylic oxidation sites excluding steroid dienone is 1. The maximum absolute atomic E-state index is 12.3. The van der Waals surface area contributed by atoms with Gasteiger partial charge < -0.3 is 14.6 Å². The van der Waals surface area contributed by atoms with Crippen molar-refractivity contribution >= 4 is 6.09 Å². The van der Waals surface area contributed by atoms with Crippen molar-refractivity contribution in [3.63, 3.8) is 0 Å². The van der Waals surface area contributed by atoms with Gasteiger partial charge in [0.15, 0.2) is 0 Å². The van der Waals surface area contributed by atoms with Gasteiger partial charge >= 0.3 is 6.09 Å². The quantitative estimate of drug-likeness (QED) is 0.637. The Balaban J connectivity index is 2.75. The molecule has 1 fully saturated rings. The zero-order valence-electron chi connectivity index (χ0n) is 13.2. The molecule has 0 aromatic rings. The van der Waals surface area contributed by atoms with Crippen molar-refractivity contribution in [1.82, 2.24) is 4.90 Å². The van der Waals surface area contributed by atoms with Crippen molar-refractivity contribution in [2.24, 2.45) is 0 Å². The van der Waals surface area contributed by atoms with Crippen LogP contribution < -0.4 is 0 Å². The van der Waals surface area contributed by atoms with Gasteiger partial charge in [-0.05, 0) is 47.5 Å². The number of hydrogen-bond acceptors (Lipinski definition) is 4. The lowest BCUT2D eigenvalue weighted by atomic mass is 10.2. The van der Waals surface area contributed by atoms with Crippen LogP contribution in [0.2, 0.25) is 0 Å². The van der Waals surface area contributed by atoms with Crippen molar-refractivity contribution in [3.05, 3.63) is 12.2 Å². The van der Waals surface area contributed by atoms with Crippen LogP contribution in [0.25, 0.3) is 0 Å². The molecule has 1 aliphatic rings. The topological polar surface area (TPSA) is 59.0 Å². The zero-order valence-corrected chi connectivity index (χ0v) is 13.2. The Labute approximate surface area is 121 Å². The molecule has 0 unspecified atom stereocenters. The predicted molar refractivity (Wildman–Crippen MR) is 77.4 cm³/mol. The molecule has 1 saturated heterocycles. The van der Waals surface area contributed by atoms with Crippen molar-refractivity contribution in [2.45, 2.75) is 64.8 Å². The minimum atomic E-state index is -0.672. The van der Waals surface area contributed by atoms with Crippen LogP contribution in [0.3, 0.4) is 0 Å². The Kier molecular flexibility index (Phi) is 5.59. The van der Waals surface area contributed by atoms with Gasteiger partial charge in [0.25, 0.3) is 0 Å². The summed E-state index contributed by atoms with van der Waals surface area (Å²) in [5, 5.41) is 8.77. The molecular weight excluding hydrogens is 258 g/mol. The van der Waals surface area contributed by atoms with E-state index in [9.17, 15) is 4.79 Å². The van der Waals surface area contributed by atoms with Crippen molar-refractivity contribution in [2.75, 3.05) is 13.2 Å². The van der Waals surface area contributed by atoms with E-state index >= 15 is 0 Å². The Morgan fingerprint density at radius 1 is 1.50 bits per heavy atom. The molecule has 0 aromatic carbocycles. The number of carbonyl (C=O) groups excluding carboxylic acids is 1. The summed E-state index contributed by atoms with van der Waals surface area (Å²) in [7, 11) is 0. The van der Waals surface area contributed by atoms with E-state index < -0.39 is 11.3 Å². The number of carbonyl (C=O) groups is 1. The number of rotatable bonds is 4.